The second-order valence-electron chi connectivity index (χ2n) is 6.02. The molecule has 0 spiro atoms. The lowest BCUT2D eigenvalue weighted by Gasteiger charge is -2.35. The molecule has 0 bridgehead atoms. The average Bonchev–Trinajstić information content (AvgIpc) is 2.61. The fourth-order valence-corrected chi connectivity index (χ4v) is 3.13. The standard InChI is InChI=1S/C18H23N5O/c1-3-18(24)23-11-7-5-8-15(23)14-12-17(21-13(2)20-14)22-16-9-4-6-10-19-16/h4,6,9-10,12,15H,3,5,7-8,11H2,1-2H3,(H,19,20,21,22)/t15-/m1/s1. The number of carbonyl (C=O) groups is 1. The lowest BCUT2D eigenvalue weighted by Crippen LogP contribution is -2.38. The molecular weight excluding hydrogens is 302 g/mol. The molecule has 6 nitrogen and oxygen atoms in total. The van der Waals surface area contributed by atoms with Crippen molar-refractivity contribution in [2.75, 3.05) is 11.9 Å². The zero-order chi connectivity index (χ0) is 16.9. The van der Waals surface area contributed by atoms with Crippen LogP contribution in [0, 0.1) is 6.92 Å². The van der Waals surface area contributed by atoms with Gasteiger partial charge in [0.1, 0.15) is 17.5 Å². The monoisotopic (exact) mass is 325 g/mol. The highest BCUT2D eigenvalue weighted by Gasteiger charge is 2.28. The molecule has 3 heterocycles. The largest absolute Gasteiger partial charge is 0.334 e. The molecule has 126 valence electrons. The molecule has 1 amide bonds. The highest BCUT2D eigenvalue weighted by atomic mass is 16.2. The second-order valence-corrected chi connectivity index (χ2v) is 6.02. The number of aromatic nitrogens is 3. The fourth-order valence-electron chi connectivity index (χ4n) is 3.13. The third-order valence-electron chi connectivity index (χ3n) is 4.25. The highest BCUT2D eigenvalue weighted by Crippen LogP contribution is 2.31. The van der Waals surface area contributed by atoms with Crippen LogP contribution < -0.4 is 5.32 Å². The van der Waals surface area contributed by atoms with Gasteiger partial charge in [-0.1, -0.05) is 13.0 Å². The van der Waals surface area contributed by atoms with E-state index in [9.17, 15) is 4.79 Å². The minimum atomic E-state index is 0.0391. The van der Waals surface area contributed by atoms with E-state index in [-0.39, 0.29) is 11.9 Å². The lowest BCUT2D eigenvalue weighted by molar-refractivity contribution is -0.134. The molecule has 1 aliphatic heterocycles. The minimum Gasteiger partial charge on any atom is -0.334 e. The van der Waals surface area contributed by atoms with Crippen LogP contribution in [0.2, 0.25) is 0 Å². The molecule has 2 aromatic rings. The SMILES string of the molecule is CCC(=O)N1CCCC[C@@H]1c1cc(Nc2ccccn2)nc(C)n1. The summed E-state index contributed by atoms with van der Waals surface area (Å²) in [6.07, 6.45) is 5.39. The highest BCUT2D eigenvalue weighted by molar-refractivity contribution is 5.76. The molecular formula is C18H23N5O. The molecule has 1 saturated heterocycles. The molecule has 1 fully saturated rings. The maximum atomic E-state index is 12.3. The van der Waals surface area contributed by atoms with Gasteiger partial charge < -0.3 is 10.2 Å². The molecule has 2 aromatic heterocycles. The molecule has 0 radical (unpaired) electrons. The van der Waals surface area contributed by atoms with Crippen LogP contribution in [0.25, 0.3) is 0 Å². The van der Waals surface area contributed by atoms with Gasteiger partial charge in [0.15, 0.2) is 0 Å². The molecule has 3 rings (SSSR count). The maximum absolute atomic E-state index is 12.3. The van der Waals surface area contributed by atoms with Crippen molar-refractivity contribution in [1.29, 1.82) is 0 Å². The van der Waals surface area contributed by atoms with Crippen molar-refractivity contribution in [3.8, 4) is 0 Å². The van der Waals surface area contributed by atoms with Gasteiger partial charge in [0, 0.05) is 25.2 Å². The van der Waals surface area contributed by atoms with E-state index in [2.05, 4.69) is 20.3 Å². The van der Waals surface area contributed by atoms with Gasteiger partial charge in [0.2, 0.25) is 5.91 Å². The fraction of sp³-hybridized carbons (Fsp3) is 0.444. The zero-order valence-electron chi connectivity index (χ0n) is 14.2. The van der Waals surface area contributed by atoms with Gasteiger partial charge >= 0.3 is 0 Å². The van der Waals surface area contributed by atoms with E-state index in [1.54, 1.807) is 6.20 Å². The van der Waals surface area contributed by atoms with Crippen LogP contribution in [0.15, 0.2) is 30.5 Å². The molecule has 1 N–H and O–H groups in total. The molecule has 0 aliphatic carbocycles. The Labute approximate surface area is 142 Å². The summed E-state index contributed by atoms with van der Waals surface area (Å²) in [6.45, 7) is 4.60. The number of likely N-dealkylation sites (tertiary alicyclic amines) is 1. The van der Waals surface area contributed by atoms with Crippen molar-refractivity contribution >= 4 is 17.5 Å². The van der Waals surface area contributed by atoms with Gasteiger partial charge in [-0.25, -0.2) is 15.0 Å². The molecule has 0 aromatic carbocycles. The van der Waals surface area contributed by atoms with Crippen molar-refractivity contribution in [2.24, 2.45) is 0 Å². The number of hydrogen-bond donors (Lipinski definition) is 1. The lowest BCUT2D eigenvalue weighted by atomic mass is 9.98. The van der Waals surface area contributed by atoms with Crippen LogP contribution >= 0.6 is 0 Å². The van der Waals surface area contributed by atoms with Gasteiger partial charge in [0.25, 0.3) is 0 Å². The number of piperidine rings is 1. The third kappa shape index (κ3) is 3.69. The topological polar surface area (TPSA) is 71.0 Å². The summed E-state index contributed by atoms with van der Waals surface area (Å²) in [5.41, 5.74) is 0.905. The summed E-state index contributed by atoms with van der Waals surface area (Å²) >= 11 is 0. The summed E-state index contributed by atoms with van der Waals surface area (Å²) in [4.78, 5) is 27.6. The molecule has 0 unspecified atom stereocenters. The Balaban J connectivity index is 1.88. The van der Waals surface area contributed by atoms with Crippen LogP contribution in [0.5, 0.6) is 0 Å². The van der Waals surface area contributed by atoms with E-state index in [0.29, 0.717) is 18.1 Å². The second kappa shape index (κ2) is 7.38. The van der Waals surface area contributed by atoms with Crippen molar-refractivity contribution in [1.82, 2.24) is 19.9 Å². The van der Waals surface area contributed by atoms with E-state index in [0.717, 1.165) is 37.3 Å². The van der Waals surface area contributed by atoms with E-state index >= 15 is 0 Å². The van der Waals surface area contributed by atoms with Crippen LogP contribution in [-0.4, -0.2) is 32.3 Å². The number of anilines is 2. The number of carbonyl (C=O) groups excluding carboxylic acids is 1. The summed E-state index contributed by atoms with van der Waals surface area (Å²) < 4.78 is 0. The quantitative estimate of drug-likeness (QED) is 0.933. The van der Waals surface area contributed by atoms with Crippen molar-refractivity contribution < 1.29 is 4.79 Å². The van der Waals surface area contributed by atoms with Gasteiger partial charge in [0.05, 0.1) is 11.7 Å². The Morgan fingerprint density at radius 1 is 1.29 bits per heavy atom. The Bertz CT molecular complexity index is 704. The minimum absolute atomic E-state index is 0.0391. The van der Waals surface area contributed by atoms with E-state index in [1.165, 1.54) is 0 Å². The summed E-state index contributed by atoms with van der Waals surface area (Å²) in [7, 11) is 0. The van der Waals surface area contributed by atoms with E-state index in [4.69, 9.17) is 0 Å². The van der Waals surface area contributed by atoms with Gasteiger partial charge in [-0.3, -0.25) is 4.79 Å². The van der Waals surface area contributed by atoms with Crippen LogP contribution in [0.4, 0.5) is 11.6 Å². The Kier molecular flexibility index (Phi) is 5.03. The first-order valence-electron chi connectivity index (χ1n) is 8.50. The summed E-state index contributed by atoms with van der Waals surface area (Å²) in [5, 5.41) is 3.22. The first-order valence-corrected chi connectivity index (χ1v) is 8.50. The summed E-state index contributed by atoms with van der Waals surface area (Å²) in [6, 6.07) is 7.67. The van der Waals surface area contributed by atoms with Gasteiger partial charge in [-0.15, -0.1) is 0 Å². The first kappa shape index (κ1) is 16.4. The predicted octanol–water partition coefficient (Wildman–Crippen LogP) is 3.39. The third-order valence-corrected chi connectivity index (χ3v) is 4.25. The average molecular weight is 325 g/mol. The van der Waals surface area contributed by atoms with Crippen LogP contribution in [0.1, 0.15) is 50.2 Å². The first-order chi connectivity index (χ1) is 11.7. The Hall–Kier alpha value is -2.50. The molecule has 1 aliphatic rings. The number of nitrogens with one attached hydrogen (secondary N) is 1. The van der Waals surface area contributed by atoms with E-state index < -0.39 is 0 Å². The number of aryl methyl sites for hydroxylation is 1. The number of nitrogens with zero attached hydrogens (tertiary/aromatic N) is 4. The van der Waals surface area contributed by atoms with Crippen molar-refractivity contribution in [3.05, 3.63) is 42.0 Å². The maximum Gasteiger partial charge on any atom is 0.222 e. The Morgan fingerprint density at radius 2 is 2.17 bits per heavy atom. The number of pyridine rings is 1. The van der Waals surface area contributed by atoms with Gasteiger partial charge in [-0.2, -0.15) is 0 Å². The van der Waals surface area contributed by atoms with Crippen LogP contribution in [0.3, 0.4) is 0 Å². The van der Waals surface area contributed by atoms with Crippen LogP contribution in [-0.2, 0) is 4.79 Å². The Morgan fingerprint density at radius 3 is 2.92 bits per heavy atom. The van der Waals surface area contributed by atoms with E-state index in [1.807, 2.05) is 43.0 Å². The normalized spacial score (nSPS) is 17.6. The van der Waals surface area contributed by atoms with Gasteiger partial charge in [-0.05, 0) is 38.3 Å². The molecule has 0 saturated carbocycles. The molecule has 1 atom stereocenters. The van der Waals surface area contributed by atoms with Crippen molar-refractivity contribution in [3.63, 3.8) is 0 Å². The number of rotatable bonds is 4. The molecule has 24 heavy (non-hydrogen) atoms. The predicted molar refractivity (Wildman–Crippen MR) is 92.9 cm³/mol. The zero-order valence-corrected chi connectivity index (χ0v) is 14.2. The summed E-state index contributed by atoms with van der Waals surface area (Å²) in [5.74, 6) is 2.34. The molecule has 6 heteroatoms. The number of amides is 1. The number of hydrogen-bond acceptors (Lipinski definition) is 5. The smallest absolute Gasteiger partial charge is 0.222 e. The van der Waals surface area contributed by atoms with Crippen molar-refractivity contribution in [2.45, 2.75) is 45.6 Å².